The van der Waals surface area contributed by atoms with E-state index in [0.717, 1.165) is 5.56 Å². The number of anilines is 1. The number of halogens is 3. The molecule has 0 aliphatic carbocycles. The fourth-order valence-electron chi connectivity index (χ4n) is 3.14. The highest BCUT2D eigenvalue weighted by Gasteiger charge is 2.31. The van der Waals surface area contributed by atoms with E-state index in [9.17, 15) is 22.8 Å². The van der Waals surface area contributed by atoms with Crippen LogP contribution in [0.3, 0.4) is 0 Å². The maximum Gasteiger partial charge on any atom is 0.573 e. The fraction of sp³-hybridized carbons (Fsp3) is 0.450. The first-order valence-electron chi connectivity index (χ1n) is 9.84. The van der Waals surface area contributed by atoms with Crippen molar-refractivity contribution < 1.29 is 32.0 Å². The number of alkyl halides is 3. The molecule has 0 bridgehead atoms. The molecule has 1 saturated heterocycles. The average molecular weight is 472 g/mol. The number of carbonyl (C=O) groups excluding carboxylic acids is 2. The van der Waals surface area contributed by atoms with E-state index in [2.05, 4.69) is 20.1 Å². The third-order valence-electron chi connectivity index (χ3n) is 4.64. The Labute approximate surface area is 187 Å². The Kier molecular flexibility index (Phi) is 8.02. The van der Waals surface area contributed by atoms with Gasteiger partial charge in [-0.1, -0.05) is 17.3 Å². The maximum absolute atomic E-state index is 12.4. The van der Waals surface area contributed by atoms with Crippen LogP contribution < -0.4 is 10.1 Å². The minimum Gasteiger partial charge on any atom is -0.406 e. The summed E-state index contributed by atoms with van der Waals surface area (Å²) in [5, 5.41) is 6.28. The number of hydrogen-bond acceptors (Lipinski definition) is 7. The summed E-state index contributed by atoms with van der Waals surface area (Å²) in [6.07, 6.45) is -4.71. The van der Waals surface area contributed by atoms with Crippen LogP contribution in [0.5, 0.6) is 5.75 Å². The number of rotatable bonds is 8. The number of amides is 2. The van der Waals surface area contributed by atoms with Crippen molar-refractivity contribution in [2.24, 2.45) is 0 Å². The molecule has 12 heteroatoms. The van der Waals surface area contributed by atoms with Crippen LogP contribution in [0.15, 0.2) is 34.9 Å². The first kappa shape index (κ1) is 23.9. The molecule has 0 saturated carbocycles. The minimum atomic E-state index is -4.71. The summed E-state index contributed by atoms with van der Waals surface area (Å²) >= 11 is 1.23. The van der Waals surface area contributed by atoms with Gasteiger partial charge in [0.2, 0.25) is 11.8 Å². The van der Waals surface area contributed by atoms with Gasteiger partial charge in [0.25, 0.3) is 0 Å². The Morgan fingerprint density at radius 1 is 1.16 bits per heavy atom. The molecule has 1 aliphatic rings. The van der Waals surface area contributed by atoms with E-state index in [1.807, 2.05) is 0 Å². The quantitative estimate of drug-likeness (QED) is 0.632. The molecule has 3 rings (SSSR count). The van der Waals surface area contributed by atoms with Crippen molar-refractivity contribution in [3.63, 3.8) is 0 Å². The van der Waals surface area contributed by atoms with Crippen LogP contribution >= 0.6 is 11.8 Å². The monoisotopic (exact) mass is 472 g/mol. The van der Waals surface area contributed by atoms with Gasteiger partial charge in [-0.2, -0.15) is 0 Å². The number of nitrogens with one attached hydrogen (secondary N) is 1. The number of thioether (sulfide) groups is 1. The summed E-state index contributed by atoms with van der Waals surface area (Å²) in [6, 6.07) is 7.39. The van der Waals surface area contributed by atoms with Crippen molar-refractivity contribution in [1.29, 1.82) is 0 Å². The molecule has 1 N–H and O–H groups in total. The molecule has 32 heavy (non-hydrogen) atoms. The number of nitrogens with zero attached hydrogens (tertiary/aromatic N) is 3. The number of ether oxygens (including phenoxy) is 1. The van der Waals surface area contributed by atoms with Gasteiger partial charge in [-0.25, -0.2) is 0 Å². The molecule has 0 spiro atoms. The molecule has 2 heterocycles. The molecule has 2 aromatic rings. The Balaban J connectivity index is 1.34. The van der Waals surface area contributed by atoms with E-state index in [1.165, 1.54) is 23.9 Å². The third kappa shape index (κ3) is 7.75. The fourth-order valence-corrected chi connectivity index (χ4v) is 3.85. The Morgan fingerprint density at radius 2 is 1.84 bits per heavy atom. The van der Waals surface area contributed by atoms with Crippen LogP contribution in [0.2, 0.25) is 0 Å². The summed E-state index contributed by atoms with van der Waals surface area (Å²) in [7, 11) is 0. The topological polar surface area (TPSA) is 87.9 Å². The number of aromatic nitrogens is 1. The minimum absolute atomic E-state index is 0.0339. The van der Waals surface area contributed by atoms with Gasteiger partial charge in [0.15, 0.2) is 5.82 Å². The summed E-state index contributed by atoms with van der Waals surface area (Å²) in [5.41, 5.74) is 0.864. The van der Waals surface area contributed by atoms with Gasteiger partial charge in [-0.3, -0.25) is 14.5 Å². The van der Waals surface area contributed by atoms with Crippen LogP contribution in [0.1, 0.15) is 11.3 Å². The normalized spacial score (nSPS) is 14.9. The number of piperazine rings is 1. The summed E-state index contributed by atoms with van der Waals surface area (Å²) < 4.78 is 45.4. The molecule has 0 atom stereocenters. The molecular formula is C20H23F3N4O4S. The predicted octanol–water partition coefficient (Wildman–Crippen LogP) is 2.90. The Bertz CT molecular complexity index is 912. The van der Waals surface area contributed by atoms with Gasteiger partial charge < -0.3 is 19.5 Å². The standard InChI is InChI=1S/C20H23F3N4O4S/c1-14-10-17(25-31-14)24-18(28)12-32-13-19(29)27-8-6-26(7-9-27)11-15-2-4-16(5-3-15)30-20(21,22)23/h2-5,10H,6-9,11-13H2,1H3,(H,24,25,28). The largest absolute Gasteiger partial charge is 0.573 e. The SMILES string of the molecule is Cc1cc(NC(=O)CSCC(=O)N2CCN(Cc3ccc(OC(F)(F)F)cc3)CC2)no1. The van der Waals surface area contributed by atoms with E-state index in [-0.39, 0.29) is 29.1 Å². The van der Waals surface area contributed by atoms with E-state index in [1.54, 1.807) is 30.0 Å². The molecule has 1 aromatic heterocycles. The van der Waals surface area contributed by atoms with Crippen LogP contribution in [0.4, 0.5) is 19.0 Å². The molecule has 0 unspecified atom stereocenters. The van der Waals surface area contributed by atoms with Crippen molar-refractivity contribution in [3.8, 4) is 5.75 Å². The zero-order valence-electron chi connectivity index (χ0n) is 17.4. The first-order chi connectivity index (χ1) is 15.2. The second-order valence-corrected chi connectivity index (χ2v) is 8.20. The highest BCUT2D eigenvalue weighted by atomic mass is 32.2. The molecule has 8 nitrogen and oxygen atoms in total. The van der Waals surface area contributed by atoms with Gasteiger partial charge in [0.1, 0.15) is 11.5 Å². The molecule has 174 valence electrons. The number of hydrogen-bond donors (Lipinski definition) is 1. The summed E-state index contributed by atoms with van der Waals surface area (Å²) in [5.74, 6) is 0.727. The van der Waals surface area contributed by atoms with Crippen LogP contribution in [-0.2, 0) is 16.1 Å². The van der Waals surface area contributed by atoms with E-state index in [0.29, 0.717) is 44.3 Å². The lowest BCUT2D eigenvalue weighted by molar-refractivity contribution is -0.274. The lowest BCUT2D eigenvalue weighted by Crippen LogP contribution is -2.48. The zero-order valence-corrected chi connectivity index (χ0v) is 18.2. The third-order valence-corrected chi connectivity index (χ3v) is 5.56. The smallest absolute Gasteiger partial charge is 0.406 e. The zero-order chi connectivity index (χ0) is 23.1. The van der Waals surface area contributed by atoms with E-state index in [4.69, 9.17) is 4.52 Å². The molecule has 1 aliphatic heterocycles. The van der Waals surface area contributed by atoms with Crippen LogP contribution in [0.25, 0.3) is 0 Å². The van der Waals surface area contributed by atoms with Crippen molar-refractivity contribution in [2.45, 2.75) is 19.8 Å². The van der Waals surface area contributed by atoms with Crippen molar-refractivity contribution in [3.05, 3.63) is 41.7 Å². The van der Waals surface area contributed by atoms with Gasteiger partial charge >= 0.3 is 6.36 Å². The second kappa shape index (κ2) is 10.7. The van der Waals surface area contributed by atoms with Crippen molar-refractivity contribution in [1.82, 2.24) is 15.0 Å². The first-order valence-corrected chi connectivity index (χ1v) is 11.0. The van der Waals surface area contributed by atoms with Gasteiger partial charge in [-0.15, -0.1) is 24.9 Å². The summed E-state index contributed by atoms with van der Waals surface area (Å²) in [6.45, 7) is 4.72. The highest BCUT2D eigenvalue weighted by Crippen LogP contribution is 2.23. The average Bonchev–Trinajstić information content (AvgIpc) is 3.13. The lowest BCUT2D eigenvalue weighted by atomic mass is 10.2. The second-order valence-electron chi connectivity index (χ2n) is 7.21. The van der Waals surface area contributed by atoms with Gasteiger partial charge in [0, 0.05) is 38.8 Å². The van der Waals surface area contributed by atoms with Crippen LogP contribution in [0, 0.1) is 6.92 Å². The Hall–Kier alpha value is -2.73. The molecule has 0 radical (unpaired) electrons. The number of benzene rings is 1. The maximum atomic E-state index is 12.4. The Morgan fingerprint density at radius 3 is 2.44 bits per heavy atom. The van der Waals surface area contributed by atoms with E-state index >= 15 is 0 Å². The lowest BCUT2D eigenvalue weighted by Gasteiger charge is -2.34. The van der Waals surface area contributed by atoms with E-state index < -0.39 is 6.36 Å². The molecule has 2 amide bonds. The van der Waals surface area contributed by atoms with Gasteiger partial charge in [0.05, 0.1) is 11.5 Å². The highest BCUT2D eigenvalue weighted by molar-refractivity contribution is 8.00. The number of aryl methyl sites for hydroxylation is 1. The molecule has 1 fully saturated rings. The molecule has 1 aromatic carbocycles. The van der Waals surface area contributed by atoms with Crippen molar-refractivity contribution >= 4 is 29.4 Å². The van der Waals surface area contributed by atoms with Gasteiger partial charge in [-0.05, 0) is 24.6 Å². The summed E-state index contributed by atoms with van der Waals surface area (Å²) in [4.78, 5) is 28.1. The van der Waals surface area contributed by atoms with Crippen molar-refractivity contribution in [2.75, 3.05) is 43.0 Å². The number of carbonyl (C=O) groups is 2. The predicted molar refractivity (Wildman–Crippen MR) is 112 cm³/mol. The molecular weight excluding hydrogens is 449 g/mol. The van der Waals surface area contributed by atoms with Crippen LogP contribution in [-0.4, -0.2) is 70.8 Å².